The predicted molar refractivity (Wildman–Crippen MR) is 71.7 cm³/mol. The highest BCUT2D eigenvalue weighted by Crippen LogP contribution is 2.33. The van der Waals surface area contributed by atoms with Crippen LogP contribution in [0.15, 0.2) is 18.2 Å². The standard InChI is InChI=1S/C15H20O4/c1-15(14(16)17,7-9-18-2)12-5-6-13-11(10-12)4-3-8-19-13/h5-6,10H,3-4,7-9H2,1-2H3,(H,16,17). The van der Waals surface area contributed by atoms with Gasteiger partial charge in [-0.25, -0.2) is 0 Å². The first-order chi connectivity index (χ1) is 9.08. The third kappa shape index (κ3) is 2.73. The molecule has 1 atom stereocenters. The molecule has 19 heavy (non-hydrogen) atoms. The summed E-state index contributed by atoms with van der Waals surface area (Å²) in [5.74, 6) is 0.0655. The van der Waals surface area contributed by atoms with Crippen molar-refractivity contribution in [2.24, 2.45) is 0 Å². The van der Waals surface area contributed by atoms with Gasteiger partial charge in [-0.1, -0.05) is 12.1 Å². The van der Waals surface area contributed by atoms with Gasteiger partial charge in [-0.2, -0.15) is 0 Å². The molecule has 1 aromatic carbocycles. The lowest BCUT2D eigenvalue weighted by molar-refractivity contribution is -0.143. The molecule has 0 amide bonds. The average Bonchev–Trinajstić information content (AvgIpc) is 2.44. The Labute approximate surface area is 113 Å². The molecule has 1 unspecified atom stereocenters. The lowest BCUT2D eigenvalue weighted by atomic mass is 9.79. The monoisotopic (exact) mass is 264 g/mol. The summed E-state index contributed by atoms with van der Waals surface area (Å²) < 4.78 is 10.6. The summed E-state index contributed by atoms with van der Waals surface area (Å²) in [6.07, 6.45) is 2.39. The molecule has 0 saturated carbocycles. The second kappa shape index (κ2) is 5.61. The summed E-state index contributed by atoms with van der Waals surface area (Å²) in [5.41, 5.74) is 1.01. The molecule has 1 aliphatic heterocycles. The van der Waals surface area contributed by atoms with Crippen LogP contribution in [0.25, 0.3) is 0 Å². The van der Waals surface area contributed by atoms with E-state index in [0.29, 0.717) is 13.0 Å². The van der Waals surface area contributed by atoms with Crippen LogP contribution in [0, 0.1) is 0 Å². The second-order valence-electron chi connectivity index (χ2n) is 5.15. The topological polar surface area (TPSA) is 55.8 Å². The van der Waals surface area contributed by atoms with Crippen LogP contribution in [0.1, 0.15) is 30.9 Å². The molecule has 0 aliphatic carbocycles. The Morgan fingerprint density at radius 3 is 3.00 bits per heavy atom. The third-order valence-corrected chi connectivity index (χ3v) is 3.82. The Morgan fingerprint density at radius 1 is 1.53 bits per heavy atom. The van der Waals surface area contributed by atoms with Gasteiger partial charge in [0, 0.05) is 13.7 Å². The minimum absolute atomic E-state index is 0.427. The number of benzene rings is 1. The van der Waals surface area contributed by atoms with Crippen molar-refractivity contribution in [3.8, 4) is 5.75 Å². The molecule has 1 aromatic rings. The van der Waals surface area contributed by atoms with E-state index in [0.717, 1.165) is 36.3 Å². The molecule has 1 aliphatic rings. The van der Waals surface area contributed by atoms with Gasteiger partial charge in [0.2, 0.25) is 0 Å². The Kier molecular flexibility index (Phi) is 4.10. The van der Waals surface area contributed by atoms with Gasteiger partial charge < -0.3 is 14.6 Å². The fraction of sp³-hybridized carbons (Fsp3) is 0.533. The molecule has 0 aromatic heterocycles. The first kappa shape index (κ1) is 13.9. The van der Waals surface area contributed by atoms with Crippen LogP contribution >= 0.6 is 0 Å². The highest BCUT2D eigenvalue weighted by Gasteiger charge is 2.35. The number of aliphatic carboxylic acids is 1. The summed E-state index contributed by atoms with van der Waals surface area (Å²) in [7, 11) is 1.59. The van der Waals surface area contributed by atoms with Gasteiger partial charge in [-0.3, -0.25) is 4.79 Å². The Morgan fingerprint density at radius 2 is 2.32 bits per heavy atom. The van der Waals surface area contributed by atoms with E-state index in [9.17, 15) is 9.90 Å². The third-order valence-electron chi connectivity index (χ3n) is 3.82. The van der Waals surface area contributed by atoms with Crippen LogP contribution in [-0.4, -0.2) is 31.4 Å². The molecule has 0 spiro atoms. The summed E-state index contributed by atoms with van der Waals surface area (Å²) in [4.78, 5) is 11.6. The second-order valence-corrected chi connectivity index (χ2v) is 5.15. The predicted octanol–water partition coefficient (Wildman–Crippen LogP) is 2.39. The van der Waals surface area contributed by atoms with E-state index < -0.39 is 11.4 Å². The zero-order valence-corrected chi connectivity index (χ0v) is 11.4. The van der Waals surface area contributed by atoms with Gasteiger partial charge >= 0.3 is 5.97 Å². The maximum Gasteiger partial charge on any atom is 0.313 e. The molecule has 2 rings (SSSR count). The fourth-order valence-corrected chi connectivity index (χ4v) is 2.38. The molecule has 0 fully saturated rings. The number of carboxylic acids is 1. The molecule has 4 heteroatoms. The number of hydrogen-bond donors (Lipinski definition) is 1. The number of carbonyl (C=O) groups is 1. The smallest absolute Gasteiger partial charge is 0.313 e. The van der Waals surface area contributed by atoms with E-state index in [1.165, 1.54) is 0 Å². The molecule has 1 heterocycles. The summed E-state index contributed by atoms with van der Waals surface area (Å²) in [6.45, 7) is 2.92. The van der Waals surface area contributed by atoms with Gasteiger partial charge in [0.25, 0.3) is 0 Å². The average molecular weight is 264 g/mol. The van der Waals surface area contributed by atoms with Gasteiger partial charge in [-0.05, 0) is 43.4 Å². The lowest BCUT2D eigenvalue weighted by Gasteiger charge is -2.27. The summed E-state index contributed by atoms with van der Waals surface area (Å²) >= 11 is 0. The van der Waals surface area contributed by atoms with Crippen molar-refractivity contribution in [1.29, 1.82) is 0 Å². The number of methoxy groups -OCH3 is 1. The lowest BCUT2D eigenvalue weighted by Crippen LogP contribution is -2.34. The van der Waals surface area contributed by atoms with Crippen molar-refractivity contribution in [3.63, 3.8) is 0 Å². The highest BCUT2D eigenvalue weighted by atomic mass is 16.5. The van der Waals surface area contributed by atoms with E-state index >= 15 is 0 Å². The van der Waals surface area contributed by atoms with Crippen LogP contribution in [0.2, 0.25) is 0 Å². The number of rotatable bonds is 5. The number of fused-ring (bicyclic) bond motifs is 1. The number of aryl methyl sites for hydroxylation is 1. The first-order valence-corrected chi connectivity index (χ1v) is 6.56. The van der Waals surface area contributed by atoms with Gasteiger partial charge in [-0.15, -0.1) is 0 Å². The van der Waals surface area contributed by atoms with E-state index in [1.54, 1.807) is 14.0 Å². The SMILES string of the molecule is COCCC(C)(C(=O)O)c1ccc2c(c1)CCCO2. The van der Waals surface area contributed by atoms with Crippen LogP contribution in [-0.2, 0) is 21.4 Å². The molecule has 0 saturated heterocycles. The van der Waals surface area contributed by atoms with E-state index in [4.69, 9.17) is 9.47 Å². The number of hydrogen-bond acceptors (Lipinski definition) is 3. The van der Waals surface area contributed by atoms with Crippen molar-refractivity contribution in [3.05, 3.63) is 29.3 Å². The maximum atomic E-state index is 11.6. The molecular weight excluding hydrogens is 244 g/mol. The fourth-order valence-electron chi connectivity index (χ4n) is 2.38. The summed E-state index contributed by atoms with van der Waals surface area (Å²) in [5, 5.41) is 9.53. The van der Waals surface area contributed by atoms with Gasteiger partial charge in [0.05, 0.1) is 12.0 Å². The molecule has 4 nitrogen and oxygen atoms in total. The Balaban J connectivity index is 2.34. The number of carboxylic acid groups (broad SMARTS) is 1. The largest absolute Gasteiger partial charge is 0.493 e. The quantitative estimate of drug-likeness (QED) is 0.887. The van der Waals surface area contributed by atoms with Crippen molar-refractivity contribution in [1.82, 2.24) is 0 Å². The van der Waals surface area contributed by atoms with E-state index in [-0.39, 0.29) is 0 Å². The van der Waals surface area contributed by atoms with Crippen molar-refractivity contribution in [2.75, 3.05) is 20.3 Å². The normalized spacial score (nSPS) is 17.2. The minimum atomic E-state index is -0.914. The van der Waals surface area contributed by atoms with E-state index in [2.05, 4.69) is 0 Å². The summed E-state index contributed by atoms with van der Waals surface area (Å²) in [6, 6.07) is 5.71. The van der Waals surface area contributed by atoms with Crippen LogP contribution in [0.5, 0.6) is 5.75 Å². The van der Waals surface area contributed by atoms with Crippen molar-refractivity contribution in [2.45, 2.75) is 31.6 Å². The first-order valence-electron chi connectivity index (χ1n) is 6.56. The minimum Gasteiger partial charge on any atom is -0.493 e. The van der Waals surface area contributed by atoms with Crippen molar-refractivity contribution < 1.29 is 19.4 Å². The number of ether oxygens (including phenoxy) is 2. The zero-order valence-electron chi connectivity index (χ0n) is 11.4. The molecular formula is C15H20O4. The zero-order chi connectivity index (χ0) is 13.9. The van der Waals surface area contributed by atoms with Crippen molar-refractivity contribution >= 4 is 5.97 Å². The van der Waals surface area contributed by atoms with Gasteiger partial charge in [0.1, 0.15) is 5.75 Å². The van der Waals surface area contributed by atoms with Crippen LogP contribution in [0.3, 0.4) is 0 Å². The molecule has 0 bridgehead atoms. The highest BCUT2D eigenvalue weighted by molar-refractivity contribution is 5.81. The van der Waals surface area contributed by atoms with Crippen LogP contribution < -0.4 is 4.74 Å². The Bertz CT molecular complexity index is 469. The maximum absolute atomic E-state index is 11.6. The van der Waals surface area contributed by atoms with Gasteiger partial charge in [0.15, 0.2) is 0 Å². The molecule has 0 radical (unpaired) electrons. The van der Waals surface area contributed by atoms with Crippen LogP contribution in [0.4, 0.5) is 0 Å². The molecule has 104 valence electrons. The molecule has 1 N–H and O–H groups in total. The Hall–Kier alpha value is -1.55. The van der Waals surface area contributed by atoms with E-state index in [1.807, 2.05) is 18.2 Å².